The Bertz CT molecular complexity index is 384. The molecule has 1 aromatic carbocycles. The lowest BCUT2D eigenvalue weighted by Crippen LogP contribution is -2.41. The fourth-order valence-electron chi connectivity index (χ4n) is 2.14. The number of hydrogen-bond donors (Lipinski definition) is 1. The molecule has 2 unspecified atom stereocenters. The van der Waals surface area contributed by atoms with Gasteiger partial charge in [0.15, 0.2) is 0 Å². The first-order valence-electron chi connectivity index (χ1n) is 6.79. The van der Waals surface area contributed by atoms with Crippen molar-refractivity contribution in [3.63, 3.8) is 0 Å². The molecule has 19 heavy (non-hydrogen) atoms. The van der Waals surface area contributed by atoms with E-state index in [1.807, 2.05) is 13.0 Å². The van der Waals surface area contributed by atoms with Gasteiger partial charge in [-0.15, -0.1) is 0 Å². The number of hydrogen-bond acceptors (Lipinski definition) is 3. The number of benzene rings is 1. The average Bonchev–Trinajstić information content (AvgIpc) is 2.39. The van der Waals surface area contributed by atoms with Gasteiger partial charge in [-0.05, 0) is 60.4 Å². The largest absolute Gasteiger partial charge is 0.496 e. The van der Waals surface area contributed by atoms with E-state index in [4.69, 9.17) is 9.47 Å². The highest BCUT2D eigenvalue weighted by atomic mass is 79.9. The highest BCUT2D eigenvalue weighted by Crippen LogP contribution is 2.26. The maximum Gasteiger partial charge on any atom is 0.133 e. The summed E-state index contributed by atoms with van der Waals surface area (Å²) in [7, 11) is 1.68. The van der Waals surface area contributed by atoms with E-state index in [-0.39, 0.29) is 6.10 Å². The molecule has 0 spiro atoms. The van der Waals surface area contributed by atoms with Crippen LogP contribution in [0.5, 0.6) is 5.75 Å². The fraction of sp³-hybridized carbons (Fsp3) is 0.600. The molecule has 0 aromatic heterocycles. The van der Waals surface area contributed by atoms with E-state index < -0.39 is 0 Å². The van der Waals surface area contributed by atoms with E-state index in [1.165, 1.54) is 5.56 Å². The molecule has 0 amide bonds. The molecule has 0 fully saturated rings. The van der Waals surface area contributed by atoms with Gasteiger partial charge in [-0.2, -0.15) is 0 Å². The molecule has 108 valence electrons. The Labute approximate surface area is 124 Å². The smallest absolute Gasteiger partial charge is 0.133 e. The Morgan fingerprint density at radius 2 is 2.05 bits per heavy atom. The van der Waals surface area contributed by atoms with E-state index in [9.17, 15) is 0 Å². The monoisotopic (exact) mass is 329 g/mol. The van der Waals surface area contributed by atoms with E-state index in [2.05, 4.69) is 47.2 Å². The zero-order chi connectivity index (χ0) is 14.3. The molecule has 1 aromatic rings. The molecule has 0 bridgehead atoms. The Morgan fingerprint density at radius 1 is 1.32 bits per heavy atom. The summed E-state index contributed by atoms with van der Waals surface area (Å²) in [6, 6.07) is 6.53. The van der Waals surface area contributed by atoms with Crippen molar-refractivity contribution < 1.29 is 9.47 Å². The summed E-state index contributed by atoms with van der Waals surface area (Å²) < 4.78 is 11.9. The van der Waals surface area contributed by atoms with E-state index in [0.717, 1.165) is 29.8 Å². The zero-order valence-corrected chi connectivity index (χ0v) is 13.8. The maximum atomic E-state index is 5.70. The van der Waals surface area contributed by atoms with Crippen LogP contribution in [0.15, 0.2) is 22.7 Å². The van der Waals surface area contributed by atoms with Crippen molar-refractivity contribution in [1.82, 2.24) is 5.32 Å². The lowest BCUT2D eigenvalue weighted by molar-refractivity contribution is 0.0480. The summed E-state index contributed by atoms with van der Waals surface area (Å²) in [5.41, 5.74) is 1.27. The maximum absolute atomic E-state index is 5.70. The highest BCUT2D eigenvalue weighted by Gasteiger charge is 2.17. The summed E-state index contributed by atoms with van der Waals surface area (Å²) in [6.45, 7) is 7.96. The van der Waals surface area contributed by atoms with E-state index >= 15 is 0 Å². The Morgan fingerprint density at radius 3 is 2.58 bits per heavy atom. The third kappa shape index (κ3) is 5.13. The summed E-state index contributed by atoms with van der Waals surface area (Å²) in [5, 5.41) is 3.49. The lowest BCUT2D eigenvalue weighted by atomic mass is 10.0. The predicted molar refractivity (Wildman–Crippen MR) is 83.0 cm³/mol. The zero-order valence-electron chi connectivity index (χ0n) is 12.2. The van der Waals surface area contributed by atoms with Crippen molar-refractivity contribution in [3.8, 4) is 5.75 Å². The molecule has 2 atom stereocenters. The number of rotatable bonds is 8. The van der Waals surface area contributed by atoms with Gasteiger partial charge in [0.25, 0.3) is 0 Å². The highest BCUT2D eigenvalue weighted by molar-refractivity contribution is 9.10. The summed E-state index contributed by atoms with van der Waals surface area (Å²) in [5.74, 6) is 0.863. The molecule has 0 aliphatic heterocycles. The van der Waals surface area contributed by atoms with Crippen LogP contribution in [0.3, 0.4) is 0 Å². The topological polar surface area (TPSA) is 30.5 Å². The van der Waals surface area contributed by atoms with Crippen LogP contribution in [0.4, 0.5) is 0 Å². The molecule has 4 heteroatoms. The first-order valence-corrected chi connectivity index (χ1v) is 7.59. The third-order valence-electron chi connectivity index (χ3n) is 3.13. The molecule has 3 nitrogen and oxygen atoms in total. The summed E-state index contributed by atoms with van der Waals surface area (Å²) in [4.78, 5) is 0. The van der Waals surface area contributed by atoms with Crippen LogP contribution in [0, 0.1) is 0 Å². The number of methoxy groups -OCH3 is 1. The number of ether oxygens (including phenoxy) is 2. The average molecular weight is 330 g/mol. The number of halogens is 1. The van der Waals surface area contributed by atoms with E-state index in [1.54, 1.807) is 7.11 Å². The van der Waals surface area contributed by atoms with Crippen LogP contribution in [0.2, 0.25) is 0 Å². The van der Waals surface area contributed by atoms with Gasteiger partial charge in [0.05, 0.1) is 17.7 Å². The molecule has 0 saturated carbocycles. The summed E-state index contributed by atoms with van der Waals surface area (Å²) in [6.07, 6.45) is 1.14. The Balaban J connectivity index is 2.75. The second kappa shape index (κ2) is 8.56. The van der Waals surface area contributed by atoms with Gasteiger partial charge in [0.1, 0.15) is 5.75 Å². The van der Waals surface area contributed by atoms with Crippen molar-refractivity contribution in [2.24, 2.45) is 0 Å². The van der Waals surface area contributed by atoms with Crippen LogP contribution in [0.1, 0.15) is 26.3 Å². The third-order valence-corrected chi connectivity index (χ3v) is 3.75. The van der Waals surface area contributed by atoms with Gasteiger partial charge >= 0.3 is 0 Å². The van der Waals surface area contributed by atoms with Crippen LogP contribution >= 0.6 is 15.9 Å². The van der Waals surface area contributed by atoms with Crippen LogP contribution < -0.4 is 10.1 Å². The molecule has 0 heterocycles. The SMILES string of the molecule is CCNC(Cc1ccc(OC)c(Br)c1)C(C)OCC. The van der Waals surface area contributed by atoms with Gasteiger partial charge in [0, 0.05) is 12.6 Å². The van der Waals surface area contributed by atoms with E-state index in [0.29, 0.717) is 6.04 Å². The number of nitrogens with one attached hydrogen (secondary N) is 1. The summed E-state index contributed by atoms with van der Waals surface area (Å²) >= 11 is 3.53. The normalized spacial score (nSPS) is 14.2. The Kier molecular flexibility index (Phi) is 7.42. The predicted octanol–water partition coefficient (Wildman–Crippen LogP) is 3.40. The van der Waals surface area contributed by atoms with Gasteiger partial charge in [-0.25, -0.2) is 0 Å². The van der Waals surface area contributed by atoms with Crippen LogP contribution in [-0.4, -0.2) is 32.4 Å². The van der Waals surface area contributed by atoms with Crippen molar-refractivity contribution in [3.05, 3.63) is 28.2 Å². The standard InChI is InChI=1S/C15H24BrNO2/c1-5-17-14(11(3)19-6-2)10-12-7-8-15(18-4)13(16)9-12/h7-9,11,14,17H,5-6,10H2,1-4H3. The lowest BCUT2D eigenvalue weighted by Gasteiger charge is -2.25. The molecule has 0 aliphatic rings. The van der Waals surface area contributed by atoms with Crippen LogP contribution in [-0.2, 0) is 11.2 Å². The second-order valence-corrected chi connectivity index (χ2v) is 5.35. The molecular formula is C15H24BrNO2. The van der Waals surface area contributed by atoms with Crippen molar-refractivity contribution >= 4 is 15.9 Å². The molecule has 0 saturated heterocycles. The minimum Gasteiger partial charge on any atom is -0.496 e. The van der Waals surface area contributed by atoms with Crippen molar-refractivity contribution in [2.75, 3.05) is 20.3 Å². The molecule has 0 radical (unpaired) electrons. The molecular weight excluding hydrogens is 306 g/mol. The van der Waals surface area contributed by atoms with Crippen LogP contribution in [0.25, 0.3) is 0 Å². The molecule has 1 N–H and O–H groups in total. The number of likely N-dealkylation sites (N-methyl/N-ethyl adjacent to an activating group) is 1. The molecule has 1 rings (SSSR count). The quantitative estimate of drug-likeness (QED) is 0.792. The van der Waals surface area contributed by atoms with Gasteiger partial charge in [-0.3, -0.25) is 0 Å². The minimum absolute atomic E-state index is 0.200. The van der Waals surface area contributed by atoms with Gasteiger partial charge in [-0.1, -0.05) is 13.0 Å². The van der Waals surface area contributed by atoms with Gasteiger partial charge < -0.3 is 14.8 Å². The van der Waals surface area contributed by atoms with Gasteiger partial charge in [0.2, 0.25) is 0 Å². The van der Waals surface area contributed by atoms with Crippen molar-refractivity contribution in [1.29, 1.82) is 0 Å². The van der Waals surface area contributed by atoms with Crippen molar-refractivity contribution in [2.45, 2.75) is 39.3 Å². The minimum atomic E-state index is 0.200. The Hall–Kier alpha value is -0.580. The second-order valence-electron chi connectivity index (χ2n) is 4.50. The molecule has 0 aliphatic carbocycles. The fourth-order valence-corrected chi connectivity index (χ4v) is 2.72. The first-order chi connectivity index (χ1) is 9.12. The first kappa shape index (κ1) is 16.5.